The van der Waals surface area contributed by atoms with Crippen molar-refractivity contribution in [2.75, 3.05) is 12.4 Å². The summed E-state index contributed by atoms with van der Waals surface area (Å²) < 4.78 is 10.8. The number of aromatic amines is 1. The minimum Gasteiger partial charge on any atom is -0.504 e. The number of aromatic hydroxyl groups is 1. The number of phenolic OH excluding ortho intramolecular Hbond substituents is 1. The second-order valence-electron chi connectivity index (χ2n) is 6.02. The average Bonchev–Trinajstić information content (AvgIpc) is 3.22. The first-order valence-electron chi connectivity index (χ1n) is 8.67. The van der Waals surface area contributed by atoms with Crippen LogP contribution in [0.5, 0.6) is 17.2 Å². The Morgan fingerprint density at radius 2 is 2.14 bits per heavy atom. The lowest BCUT2D eigenvalue weighted by molar-refractivity contribution is -0.111. The maximum absolute atomic E-state index is 12.2. The first kappa shape index (κ1) is 19.0. The van der Waals surface area contributed by atoms with Crippen LogP contribution in [0.3, 0.4) is 0 Å². The van der Waals surface area contributed by atoms with E-state index in [1.807, 2.05) is 13.0 Å². The maximum Gasteiger partial charge on any atom is 0.248 e. The smallest absolute Gasteiger partial charge is 0.248 e. The monoisotopic (exact) mass is 379 g/mol. The lowest BCUT2D eigenvalue weighted by Gasteiger charge is -2.13. The molecule has 0 bridgehead atoms. The number of nitrogens with one attached hydrogen (secondary N) is 2. The lowest BCUT2D eigenvalue weighted by Crippen LogP contribution is -2.08. The number of aromatic nitrogens is 2. The summed E-state index contributed by atoms with van der Waals surface area (Å²) in [5.74, 6) is 1.43. The molecule has 1 amide bonds. The third-order valence-corrected chi connectivity index (χ3v) is 3.95. The molecule has 3 N–H and O–H groups in total. The number of rotatable bonds is 7. The molecule has 28 heavy (non-hydrogen) atoms. The number of carbonyl (C=O) groups is 1. The zero-order chi connectivity index (χ0) is 19.9. The number of hydrogen-bond acceptors (Lipinski definition) is 5. The molecule has 0 aliphatic rings. The molecule has 0 saturated carbocycles. The van der Waals surface area contributed by atoms with Crippen molar-refractivity contribution in [3.63, 3.8) is 0 Å². The second-order valence-corrected chi connectivity index (χ2v) is 6.02. The molecule has 144 valence electrons. The molecule has 7 nitrogen and oxygen atoms in total. The van der Waals surface area contributed by atoms with Gasteiger partial charge in [-0.2, -0.15) is 0 Å². The lowest BCUT2D eigenvalue weighted by atomic mass is 10.2. The summed E-state index contributed by atoms with van der Waals surface area (Å²) in [6.45, 7) is 1.89. The molecular weight excluding hydrogens is 358 g/mol. The number of H-pyrrole nitrogens is 1. The Kier molecular flexibility index (Phi) is 5.96. The molecule has 0 fully saturated rings. The highest BCUT2D eigenvalue weighted by molar-refractivity contribution is 6.02. The van der Waals surface area contributed by atoms with Gasteiger partial charge in [0.1, 0.15) is 11.6 Å². The molecule has 2 aromatic carbocycles. The second kappa shape index (κ2) is 8.77. The molecule has 1 heterocycles. The fourth-order valence-electron chi connectivity index (χ4n) is 2.57. The van der Waals surface area contributed by atoms with Crippen molar-refractivity contribution < 1.29 is 19.4 Å². The molecule has 0 aliphatic carbocycles. The Bertz CT molecular complexity index is 968. The number of benzene rings is 2. The predicted molar refractivity (Wildman–Crippen MR) is 106 cm³/mol. The van der Waals surface area contributed by atoms with E-state index in [0.717, 1.165) is 5.82 Å². The van der Waals surface area contributed by atoms with Crippen molar-refractivity contribution in [1.82, 2.24) is 9.97 Å². The minimum absolute atomic E-state index is 0.0144. The third-order valence-electron chi connectivity index (χ3n) is 3.95. The topological polar surface area (TPSA) is 96.5 Å². The number of phenols is 1. The van der Waals surface area contributed by atoms with Crippen LogP contribution in [-0.4, -0.2) is 28.1 Å². The van der Waals surface area contributed by atoms with Gasteiger partial charge in [-0.25, -0.2) is 4.98 Å². The number of amides is 1. The van der Waals surface area contributed by atoms with E-state index >= 15 is 0 Å². The molecule has 0 spiro atoms. The van der Waals surface area contributed by atoms with E-state index in [4.69, 9.17) is 9.47 Å². The number of methoxy groups -OCH3 is 1. The van der Waals surface area contributed by atoms with Crippen LogP contribution in [0.2, 0.25) is 0 Å². The standard InChI is InChI=1S/C21H21N3O4/c1-14(21-22-10-11-23-21)28-17-5-3-4-16(13-17)24-20(26)9-7-15-6-8-19(27-2)18(25)12-15/h3-14,25H,1-2H3,(H,22,23)(H,24,26). The summed E-state index contributed by atoms with van der Waals surface area (Å²) in [6.07, 6.45) is 6.15. The highest BCUT2D eigenvalue weighted by Gasteiger charge is 2.10. The van der Waals surface area contributed by atoms with Crippen LogP contribution in [0.1, 0.15) is 24.4 Å². The van der Waals surface area contributed by atoms with Crippen molar-refractivity contribution in [2.24, 2.45) is 0 Å². The summed E-state index contributed by atoms with van der Waals surface area (Å²) in [7, 11) is 1.48. The van der Waals surface area contributed by atoms with E-state index in [-0.39, 0.29) is 17.8 Å². The van der Waals surface area contributed by atoms with Gasteiger partial charge in [-0.1, -0.05) is 12.1 Å². The first-order chi connectivity index (χ1) is 13.5. The Labute approximate surface area is 162 Å². The number of anilines is 1. The largest absolute Gasteiger partial charge is 0.504 e. The van der Waals surface area contributed by atoms with Gasteiger partial charge < -0.3 is 24.9 Å². The van der Waals surface area contributed by atoms with Gasteiger partial charge >= 0.3 is 0 Å². The quantitative estimate of drug-likeness (QED) is 0.541. The van der Waals surface area contributed by atoms with Crippen LogP contribution in [0, 0.1) is 0 Å². The average molecular weight is 379 g/mol. The van der Waals surface area contributed by atoms with Gasteiger partial charge in [0, 0.05) is 30.2 Å². The molecule has 7 heteroatoms. The molecule has 1 atom stereocenters. The summed E-state index contributed by atoms with van der Waals surface area (Å²) in [5, 5.41) is 12.6. The molecule has 0 radical (unpaired) electrons. The van der Waals surface area contributed by atoms with Gasteiger partial charge in [0.15, 0.2) is 17.6 Å². The molecule has 0 aliphatic heterocycles. The van der Waals surface area contributed by atoms with E-state index in [0.29, 0.717) is 22.7 Å². The van der Waals surface area contributed by atoms with E-state index in [2.05, 4.69) is 15.3 Å². The van der Waals surface area contributed by atoms with Crippen LogP contribution >= 0.6 is 0 Å². The molecular formula is C21H21N3O4. The van der Waals surface area contributed by atoms with Crippen molar-refractivity contribution in [2.45, 2.75) is 13.0 Å². The number of hydrogen-bond donors (Lipinski definition) is 3. The Morgan fingerprint density at radius 3 is 2.86 bits per heavy atom. The normalized spacial score (nSPS) is 11.9. The fraction of sp³-hybridized carbons (Fsp3) is 0.143. The van der Waals surface area contributed by atoms with E-state index in [9.17, 15) is 9.90 Å². The minimum atomic E-state index is -0.299. The summed E-state index contributed by atoms with van der Waals surface area (Å²) in [6, 6.07) is 12.0. The van der Waals surface area contributed by atoms with Crippen LogP contribution in [0.15, 0.2) is 60.9 Å². The maximum atomic E-state index is 12.2. The zero-order valence-corrected chi connectivity index (χ0v) is 15.5. The van der Waals surface area contributed by atoms with E-state index in [1.165, 1.54) is 19.3 Å². The summed E-state index contributed by atoms with van der Waals surface area (Å²) in [5.41, 5.74) is 1.29. The number of imidazole rings is 1. The van der Waals surface area contributed by atoms with Crippen molar-refractivity contribution >= 4 is 17.7 Å². The zero-order valence-electron chi connectivity index (χ0n) is 15.5. The SMILES string of the molecule is COc1ccc(C=CC(=O)Nc2cccc(OC(C)c3ncc[nH]3)c2)cc1O. The highest BCUT2D eigenvalue weighted by Crippen LogP contribution is 2.27. The number of ether oxygens (including phenoxy) is 2. The molecule has 1 unspecified atom stereocenters. The first-order valence-corrected chi connectivity index (χ1v) is 8.67. The van der Waals surface area contributed by atoms with Crippen LogP contribution in [-0.2, 0) is 4.79 Å². The Balaban J connectivity index is 1.61. The summed E-state index contributed by atoms with van der Waals surface area (Å²) >= 11 is 0. The van der Waals surface area contributed by atoms with Crippen molar-refractivity contribution in [3.8, 4) is 17.2 Å². The fourth-order valence-corrected chi connectivity index (χ4v) is 2.57. The summed E-state index contributed by atoms with van der Waals surface area (Å²) in [4.78, 5) is 19.3. The van der Waals surface area contributed by atoms with Crippen molar-refractivity contribution in [3.05, 3.63) is 72.3 Å². The Hall–Kier alpha value is -3.74. The van der Waals surface area contributed by atoms with Gasteiger partial charge in [-0.3, -0.25) is 4.79 Å². The van der Waals surface area contributed by atoms with Crippen molar-refractivity contribution in [1.29, 1.82) is 0 Å². The molecule has 3 aromatic rings. The Morgan fingerprint density at radius 1 is 1.29 bits per heavy atom. The highest BCUT2D eigenvalue weighted by atomic mass is 16.5. The number of nitrogens with zero attached hydrogens (tertiary/aromatic N) is 1. The van der Waals surface area contributed by atoms with Gasteiger partial charge in [0.2, 0.25) is 5.91 Å². The van der Waals surface area contributed by atoms with Crippen LogP contribution in [0.25, 0.3) is 6.08 Å². The van der Waals surface area contributed by atoms with Gasteiger partial charge in [-0.15, -0.1) is 0 Å². The van der Waals surface area contributed by atoms with E-state index in [1.54, 1.807) is 48.8 Å². The van der Waals surface area contributed by atoms with Crippen LogP contribution in [0.4, 0.5) is 5.69 Å². The number of carbonyl (C=O) groups excluding carboxylic acids is 1. The third kappa shape index (κ3) is 4.91. The van der Waals surface area contributed by atoms with Gasteiger partial charge in [0.25, 0.3) is 0 Å². The molecule has 3 rings (SSSR count). The molecule has 0 saturated heterocycles. The van der Waals surface area contributed by atoms with Gasteiger partial charge in [0.05, 0.1) is 7.11 Å². The molecule has 1 aromatic heterocycles. The van der Waals surface area contributed by atoms with E-state index < -0.39 is 0 Å². The van der Waals surface area contributed by atoms with Crippen LogP contribution < -0.4 is 14.8 Å². The predicted octanol–water partition coefficient (Wildman–Crippen LogP) is 3.92. The van der Waals surface area contributed by atoms with Gasteiger partial charge in [-0.05, 0) is 42.8 Å².